The van der Waals surface area contributed by atoms with Crippen LogP contribution in [0, 0.1) is 17.6 Å². The highest BCUT2D eigenvalue weighted by molar-refractivity contribution is 7.89. The molecule has 5 nitrogen and oxygen atoms in total. The van der Waals surface area contributed by atoms with Crippen LogP contribution in [-0.4, -0.2) is 14.3 Å². The molecule has 0 atom stereocenters. The molecule has 106 valence electrons. The molecule has 0 bridgehead atoms. The first-order valence-electron chi connectivity index (χ1n) is 5.48. The number of rotatable bonds is 5. The highest BCUT2D eigenvalue weighted by Gasteiger charge is 2.20. The Morgan fingerprint density at radius 3 is 2.53 bits per heavy atom. The standard InChI is InChI=1S/C11H14F2N2O3S/c1-7(2)5-11(16)14-15-19(17,18)10-6-8(12)3-4-9(10)13/h3-4,6-7,15H,5H2,1-2H3,(H,14,16). The van der Waals surface area contributed by atoms with Gasteiger partial charge in [0.15, 0.2) is 0 Å². The largest absolute Gasteiger partial charge is 0.278 e. The van der Waals surface area contributed by atoms with Crippen LogP contribution < -0.4 is 10.3 Å². The van der Waals surface area contributed by atoms with Gasteiger partial charge in [-0.25, -0.2) is 17.2 Å². The Morgan fingerprint density at radius 1 is 1.32 bits per heavy atom. The number of carbonyl (C=O) groups is 1. The van der Waals surface area contributed by atoms with Gasteiger partial charge < -0.3 is 0 Å². The Kier molecular flexibility index (Phi) is 4.96. The third kappa shape index (κ3) is 4.56. The fraction of sp³-hybridized carbons (Fsp3) is 0.364. The van der Waals surface area contributed by atoms with Gasteiger partial charge in [0.05, 0.1) is 0 Å². The van der Waals surface area contributed by atoms with Crippen LogP contribution in [0.2, 0.25) is 0 Å². The van der Waals surface area contributed by atoms with Crippen LogP contribution in [0.3, 0.4) is 0 Å². The van der Waals surface area contributed by atoms with Gasteiger partial charge in [-0.05, 0) is 24.1 Å². The molecule has 8 heteroatoms. The molecular formula is C11H14F2N2O3S. The third-order valence-electron chi connectivity index (χ3n) is 2.10. The molecule has 0 aliphatic heterocycles. The summed E-state index contributed by atoms with van der Waals surface area (Å²) in [5.74, 6) is -2.52. The van der Waals surface area contributed by atoms with Crippen LogP contribution in [0.4, 0.5) is 8.78 Å². The highest BCUT2D eigenvalue weighted by Crippen LogP contribution is 2.14. The summed E-state index contributed by atoms with van der Waals surface area (Å²) < 4.78 is 49.5. The third-order valence-corrected chi connectivity index (χ3v) is 3.36. The van der Waals surface area contributed by atoms with Crippen molar-refractivity contribution in [1.29, 1.82) is 0 Å². The first-order valence-corrected chi connectivity index (χ1v) is 6.96. The zero-order valence-electron chi connectivity index (χ0n) is 10.4. The van der Waals surface area contributed by atoms with Crippen LogP contribution in [-0.2, 0) is 14.8 Å². The van der Waals surface area contributed by atoms with E-state index in [2.05, 4.69) is 0 Å². The van der Waals surface area contributed by atoms with E-state index in [0.29, 0.717) is 12.1 Å². The highest BCUT2D eigenvalue weighted by atomic mass is 32.2. The first kappa shape index (κ1) is 15.5. The number of carbonyl (C=O) groups excluding carboxylic acids is 1. The van der Waals surface area contributed by atoms with E-state index in [9.17, 15) is 22.0 Å². The zero-order valence-corrected chi connectivity index (χ0v) is 11.2. The first-order chi connectivity index (χ1) is 8.72. The molecule has 0 aliphatic carbocycles. The Hall–Kier alpha value is -1.54. The van der Waals surface area contributed by atoms with E-state index in [1.807, 2.05) is 5.43 Å². The molecular weight excluding hydrogens is 278 g/mol. The maximum absolute atomic E-state index is 13.3. The molecule has 1 aromatic rings. The van der Waals surface area contributed by atoms with Crippen molar-refractivity contribution in [2.75, 3.05) is 0 Å². The molecule has 1 rings (SSSR count). The van der Waals surface area contributed by atoms with Crippen LogP contribution in [0.5, 0.6) is 0 Å². The Balaban J connectivity index is 2.82. The fourth-order valence-electron chi connectivity index (χ4n) is 1.28. The smallest absolute Gasteiger partial charge is 0.260 e. The van der Waals surface area contributed by atoms with Crippen LogP contribution >= 0.6 is 0 Å². The van der Waals surface area contributed by atoms with Crippen molar-refractivity contribution in [3.63, 3.8) is 0 Å². The minimum atomic E-state index is -4.34. The number of hydrogen-bond donors (Lipinski definition) is 2. The van der Waals surface area contributed by atoms with E-state index >= 15 is 0 Å². The summed E-state index contributed by atoms with van der Waals surface area (Å²) >= 11 is 0. The summed E-state index contributed by atoms with van der Waals surface area (Å²) in [7, 11) is -4.34. The van der Waals surface area contributed by atoms with Gasteiger partial charge in [0.25, 0.3) is 10.0 Å². The number of halogens is 2. The Labute approximate surface area is 110 Å². The minimum absolute atomic E-state index is 0.0374. The van der Waals surface area contributed by atoms with Crippen molar-refractivity contribution in [1.82, 2.24) is 10.3 Å². The lowest BCUT2D eigenvalue weighted by Gasteiger charge is -2.10. The molecule has 1 amide bonds. The molecule has 0 unspecified atom stereocenters. The second-order valence-electron chi connectivity index (χ2n) is 4.33. The second-order valence-corrected chi connectivity index (χ2v) is 5.98. The van der Waals surface area contributed by atoms with Crippen LogP contribution in [0.15, 0.2) is 23.1 Å². The molecule has 2 N–H and O–H groups in total. The van der Waals surface area contributed by atoms with Gasteiger partial charge in [-0.15, -0.1) is 4.83 Å². The summed E-state index contributed by atoms with van der Waals surface area (Å²) in [6, 6.07) is 2.03. The molecule has 0 saturated carbocycles. The normalized spacial score (nSPS) is 11.6. The number of benzene rings is 1. The van der Waals surface area contributed by atoms with Crippen molar-refractivity contribution in [3.8, 4) is 0 Å². The maximum Gasteiger partial charge on any atom is 0.260 e. The van der Waals surface area contributed by atoms with Crippen molar-refractivity contribution in [2.45, 2.75) is 25.2 Å². The van der Waals surface area contributed by atoms with E-state index in [0.717, 1.165) is 6.07 Å². The van der Waals surface area contributed by atoms with Crippen LogP contribution in [0.1, 0.15) is 20.3 Å². The van der Waals surface area contributed by atoms with E-state index in [-0.39, 0.29) is 12.3 Å². The molecule has 0 saturated heterocycles. The van der Waals surface area contributed by atoms with E-state index in [1.165, 1.54) is 0 Å². The second kappa shape index (κ2) is 6.07. The Morgan fingerprint density at radius 2 is 1.95 bits per heavy atom. The lowest BCUT2D eigenvalue weighted by atomic mass is 10.1. The summed E-state index contributed by atoms with van der Waals surface area (Å²) in [6.07, 6.45) is 0.105. The monoisotopic (exact) mass is 292 g/mol. The Bertz CT molecular complexity index is 573. The predicted octanol–water partition coefficient (Wildman–Crippen LogP) is 1.32. The SMILES string of the molecule is CC(C)CC(=O)NNS(=O)(=O)c1cc(F)ccc1F. The molecule has 0 fully saturated rings. The topological polar surface area (TPSA) is 75.3 Å². The van der Waals surface area contributed by atoms with Gasteiger partial charge in [-0.2, -0.15) is 0 Å². The summed E-state index contributed by atoms with van der Waals surface area (Å²) in [5, 5.41) is 0. The molecule has 19 heavy (non-hydrogen) atoms. The van der Waals surface area contributed by atoms with Gasteiger partial charge in [0, 0.05) is 6.42 Å². The lowest BCUT2D eigenvalue weighted by Crippen LogP contribution is -2.42. The van der Waals surface area contributed by atoms with Gasteiger partial charge in [0.1, 0.15) is 16.5 Å². The van der Waals surface area contributed by atoms with Gasteiger partial charge >= 0.3 is 0 Å². The molecule has 0 aromatic heterocycles. The molecule has 0 aliphatic rings. The molecule has 1 aromatic carbocycles. The average Bonchev–Trinajstić information content (AvgIpc) is 2.29. The molecule has 0 radical (unpaired) electrons. The van der Waals surface area contributed by atoms with Crippen LogP contribution in [0.25, 0.3) is 0 Å². The van der Waals surface area contributed by atoms with E-state index in [4.69, 9.17) is 0 Å². The summed E-state index contributed by atoms with van der Waals surface area (Å²) in [6.45, 7) is 3.56. The minimum Gasteiger partial charge on any atom is -0.278 e. The van der Waals surface area contributed by atoms with E-state index in [1.54, 1.807) is 18.7 Å². The van der Waals surface area contributed by atoms with Gasteiger partial charge in [-0.1, -0.05) is 13.8 Å². The quantitative estimate of drug-likeness (QED) is 0.804. The van der Waals surface area contributed by atoms with E-state index < -0.39 is 32.5 Å². The number of nitrogens with one attached hydrogen (secondary N) is 2. The van der Waals surface area contributed by atoms with Gasteiger partial charge in [0.2, 0.25) is 5.91 Å². The van der Waals surface area contributed by atoms with Crippen molar-refractivity contribution in [3.05, 3.63) is 29.8 Å². The number of amides is 1. The number of hydrazine groups is 1. The molecule has 0 heterocycles. The summed E-state index contributed by atoms with van der Waals surface area (Å²) in [4.78, 5) is 12.1. The predicted molar refractivity (Wildman–Crippen MR) is 64.3 cm³/mol. The van der Waals surface area contributed by atoms with Crippen molar-refractivity contribution in [2.24, 2.45) is 5.92 Å². The number of sulfonamides is 1. The van der Waals surface area contributed by atoms with Crippen molar-refractivity contribution >= 4 is 15.9 Å². The maximum atomic E-state index is 13.3. The molecule has 0 spiro atoms. The number of hydrogen-bond acceptors (Lipinski definition) is 3. The average molecular weight is 292 g/mol. The summed E-state index contributed by atoms with van der Waals surface area (Å²) in [5.41, 5.74) is 1.93. The van der Waals surface area contributed by atoms with Gasteiger partial charge in [-0.3, -0.25) is 10.2 Å². The van der Waals surface area contributed by atoms with Crippen molar-refractivity contribution < 1.29 is 22.0 Å². The lowest BCUT2D eigenvalue weighted by molar-refractivity contribution is -0.122. The fourth-order valence-corrected chi connectivity index (χ4v) is 2.23. The zero-order chi connectivity index (χ0) is 14.6.